The molecule has 1 aromatic rings. The molecule has 0 aliphatic heterocycles. The van der Waals surface area contributed by atoms with E-state index in [-0.39, 0.29) is 0 Å². The normalized spacial score (nSPS) is 10.4. The van der Waals surface area contributed by atoms with Gasteiger partial charge < -0.3 is 4.79 Å². The van der Waals surface area contributed by atoms with Gasteiger partial charge in [0.05, 0.1) is 0 Å². The third-order valence-electron chi connectivity index (χ3n) is 3.10. The van der Waals surface area contributed by atoms with Crippen LogP contribution in [0.2, 0.25) is 0 Å². The van der Waals surface area contributed by atoms with Crippen LogP contribution in [0.3, 0.4) is 0 Å². The molecule has 17 heavy (non-hydrogen) atoms. The lowest BCUT2D eigenvalue weighted by Gasteiger charge is -2.05. The van der Waals surface area contributed by atoms with E-state index in [0.29, 0.717) is 6.42 Å². The Morgan fingerprint density at radius 1 is 1.00 bits per heavy atom. The summed E-state index contributed by atoms with van der Waals surface area (Å²) in [6.45, 7) is 2.24. The largest absolute Gasteiger partial charge is 0.303 e. The first kappa shape index (κ1) is 14.0. The van der Waals surface area contributed by atoms with Crippen LogP contribution in [0.15, 0.2) is 24.3 Å². The Morgan fingerprint density at radius 3 is 2.24 bits per heavy atom. The Hall–Kier alpha value is -1.11. The molecule has 0 bridgehead atoms. The van der Waals surface area contributed by atoms with Crippen molar-refractivity contribution in [1.29, 1.82) is 0 Å². The van der Waals surface area contributed by atoms with Crippen LogP contribution in [-0.2, 0) is 17.6 Å². The number of carbonyl (C=O) groups excluding carboxylic acids is 1. The molecule has 0 saturated heterocycles. The van der Waals surface area contributed by atoms with Crippen molar-refractivity contribution in [3.05, 3.63) is 35.4 Å². The zero-order valence-electron chi connectivity index (χ0n) is 11.0. The van der Waals surface area contributed by atoms with E-state index in [9.17, 15) is 4.79 Å². The highest BCUT2D eigenvalue weighted by Crippen LogP contribution is 2.12. The summed E-state index contributed by atoms with van der Waals surface area (Å²) >= 11 is 0. The molecule has 0 aliphatic rings. The zero-order chi connectivity index (χ0) is 12.3. The van der Waals surface area contributed by atoms with Crippen molar-refractivity contribution in [2.24, 2.45) is 0 Å². The summed E-state index contributed by atoms with van der Waals surface area (Å²) < 4.78 is 0. The molecule has 94 valence electrons. The fourth-order valence-electron chi connectivity index (χ4n) is 2.08. The van der Waals surface area contributed by atoms with Gasteiger partial charge in [0.25, 0.3) is 0 Å². The lowest BCUT2D eigenvalue weighted by Crippen LogP contribution is -1.90. The number of aldehydes is 1. The van der Waals surface area contributed by atoms with Gasteiger partial charge >= 0.3 is 0 Å². The molecule has 0 amide bonds. The van der Waals surface area contributed by atoms with Gasteiger partial charge in [-0.15, -0.1) is 0 Å². The lowest BCUT2D eigenvalue weighted by atomic mass is 10.0. The van der Waals surface area contributed by atoms with Crippen LogP contribution in [0.4, 0.5) is 0 Å². The Bertz CT molecular complexity index is 317. The highest BCUT2D eigenvalue weighted by Gasteiger charge is 1.97. The van der Waals surface area contributed by atoms with Gasteiger partial charge in [0.1, 0.15) is 6.29 Å². The second-order valence-electron chi connectivity index (χ2n) is 4.69. The molecule has 1 heteroatoms. The molecule has 0 spiro atoms. The fourth-order valence-corrected chi connectivity index (χ4v) is 2.08. The van der Waals surface area contributed by atoms with Gasteiger partial charge in [-0.2, -0.15) is 0 Å². The van der Waals surface area contributed by atoms with Crippen LogP contribution in [0.25, 0.3) is 0 Å². The maximum atomic E-state index is 10.2. The average Bonchev–Trinajstić information content (AvgIpc) is 2.36. The molecule has 1 nitrogen and oxygen atoms in total. The number of aryl methyl sites for hydroxylation is 2. The minimum Gasteiger partial charge on any atom is -0.303 e. The van der Waals surface area contributed by atoms with Gasteiger partial charge in [0.2, 0.25) is 0 Å². The summed E-state index contributed by atoms with van der Waals surface area (Å²) in [7, 11) is 0. The predicted octanol–water partition coefficient (Wildman–Crippen LogP) is 4.33. The minimum absolute atomic E-state index is 0.705. The summed E-state index contributed by atoms with van der Waals surface area (Å²) in [5.41, 5.74) is 2.89. The summed E-state index contributed by atoms with van der Waals surface area (Å²) in [5, 5.41) is 0. The summed E-state index contributed by atoms with van der Waals surface area (Å²) in [6, 6.07) is 8.92. The van der Waals surface area contributed by atoms with E-state index in [2.05, 4.69) is 31.2 Å². The first-order chi connectivity index (χ1) is 8.36. The van der Waals surface area contributed by atoms with Crippen LogP contribution >= 0.6 is 0 Å². The van der Waals surface area contributed by atoms with Crippen LogP contribution in [0.1, 0.15) is 56.6 Å². The molecule has 0 unspecified atom stereocenters. The molecule has 0 saturated carbocycles. The first-order valence-electron chi connectivity index (χ1n) is 6.88. The van der Waals surface area contributed by atoms with Crippen LogP contribution in [0, 0.1) is 0 Å². The van der Waals surface area contributed by atoms with Gasteiger partial charge in [-0.25, -0.2) is 0 Å². The van der Waals surface area contributed by atoms with Crippen molar-refractivity contribution in [2.45, 2.75) is 58.3 Å². The molecule has 0 heterocycles. The molecule has 1 aromatic carbocycles. The molecule has 0 aliphatic carbocycles. The maximum Gasteiger partial charge on any atom is 0.119 e. The third kappa shape index (κ3) is 6.25. The summed E-state index contributed by atoms with van der Waals surface area (Å²) in [6.07, 6.45) is 10.1. The third-order valence-corrected chi connectivity index (χ3v) is 3.10. The number of hydrogen-bond donors (Lipinski definition) is 0. The number of hydrogen-bond acceptors (Lipinski definition) is 1. The molecule has 0 N–H and O–H groups in total. The van der Waals surface area contributed by atoms with Crippen LogP contribution in [-0.4, -0.2) is 6.29 Å². The monoisotopic (exact) mass is 232 g/mol. The second kappa shape index (κ2) is 8.98. The molecule has 0 atom stereocenters. The van der Waals surface area contributed by atoms with Gasteiger partial charge in [-0.3, -0.25) is 0 Å². The fraction of sp³-hybridized carbons (Fsp3) is 0.562. The SMILES string of the molecule is CCCCCc1cccc(CCCCC=O)c1. The molecule has 0 fully saturated rings. The molecule has 0 aromatic heterocycles. The Balaban J connectivity index is 2.34. The molecule has 0 radical (unpaired) electrons. The van der Waals surface area contributed by atoms with Gasteiger partial charge in [-0.1, -0.05) is 44.0 Å². The van der Waals surface area contributed by atoms with Crippen molar-refractivity contribution < 1.29 is 4.79 Å². The van der Waals surface area contributed by atoms with Gasteiger partial charge in [0, 0.05) is 6.42 Å². The zero-order valence-corrected chi connectivity index (χ0v) is 11.0. The first-order valence-corrected chi connectivity index (χ1v) is 6.88. The number of carbonyl (C=O) groups is 1. The summed E-state index contributed by atoms with van der Waals surface area (Å²) in [4.78, 5) is 10.2. The average molecular weight is 232 g/mol. The van der Waals surface area contributed by atoms with Gasteiger partial charge in [-0.05, 0) is 43.2 Å². The number of unbranched alkanes of at least 4 members (excludes halogenated alkanes) is 4. The minimum atomic E-state index is 0.705. The van der Waals surface area contributed by atoms with E-state index in [1.54, 1.807) is 0 Å². The van der Waals surface area contributed by atoms with Crippen molar-refractivity contribution in [2.75, 3.05) is 0 Å². The van der Waals surface area contributed by atoms with Crippen molar-refractivity contribution >= 4 is 6.29 Å². The highest BCUT2D eigenvalue weighted by atomic mass is 16.1. The van der Waals surface area contributed by atoms with Crippen molar-refractivity contribution in [3.8, 4) is 0 Å². The Morgan fingerprint density at radius 2 is 1.65 bits per heavy atom. The number of benzene rings is 1. The van der Waals surface area contributed by atoms with E-state index in [1.807, 2.05) is 0 Å². The van der Waals surface area contributed by atoms with E-state index >= 15 is 0 Å². The van der Waals surface area contributed by atoms with Crippen molar-refractivity contribution in [3.63, 3.8) is 0 Å². The lowest BCUT2D eigenvalue weighted by molar-refractivity contribution is -0.107. The highest BCUT2D eigenvalue weighted by molar-refractivity contribution is 5.48. The van der Waals surface area contributed by atoms with Crippen LogP contribution in [0.5, 0.6) is 0 Å². The maximum absolute atomic E-state index is 10.2. The predicted molar refractivity (Wildman–Crippen MR) is 73.3 cm³/mol. The quantitative estimate of drug-likeness (QED) is 0.457. The number of rotatable bonds is 9. The standard InChI is InChI=1S/C16H24O/c1-2-3-5-9-15-11-8-12-16(14-15)10-6-4-7-13-17/h8,11-14H,2-7,9-10H2,1H3. The van der Waals surface area contributed by atoms with Crippen molar-refractivity contribution in [1.82, 2.24) is 0 Å². The van der Waals surface area contributed by atoms with E-state index in [1.165, 1.54) is 36.8 Å². The van der Waals surface area contributed by atoms with Gasteiger partial charge in [0.15, 0.2) is 0 Å². The Labute approximate surface area is 105 Å². The molecular weight excluding hydrogens is 208 g/mol. The van der Waals surface area contributed by atoms with E-state index in [0.717, 1.165) is 25.5 Å². The second-order valence-corrected chi connectivity index (χ2v) is 4.69. The topological polar surface area (TPSA) is 17.1 Å². The van der Waals surface area contributed by atoms with Crippen LogP contribution < -0.4 is 0 Å². The molecular formula is C16H24O. The van der Waals surface area contributed by atoms with E-state index < -0.39 is 0 Å². The Kier molecular flexibility index (Phi) is 7.37. The smallest absolute Gasteiger partial charge is 0.119 e. The van der Waals surface area contributed by atoms with E-state index in [4.69, 9.17) is 0 Å². The summed E-state index contributed by atoms with van der Waals surface area (Å²) in [5.74, 6) is 0. The molecule has 1 rings (SSSR count).